The van der Waals surface area contributed by atoms with Crippen molar-refractivity contribution in [3.8, 4) is 0 Å². The molecule has 0 saturated carbocycles. The molecule has 0 unspecified atom stereocenters. The van der Waals surface area contributed by atoms with Crippen molar-refractivity contribution in [2.45, 2.75) is 38.4 Å². The van der Waals surface area contributed by atoms with Gasteiger partial charge in [-0.15, -0.1) is 0 Å². The van der Waals surface area contributed by atoms with Gasteiger partial charge in [0.25, 0.3) is 0 Å². The first-order valence-corrected chi connectivity index (χ1v) is 8.41. The maximum absolute atomic E-state index is 12.6. The van der Waals surface area contributed by atoms with E-state index in [0.717, 1.165) is 0 Å². The van der Waals surface area contributed by atoms with E-state index in [2.05, 4.69) is 5.16 Å². The SMILES string of the molecule is CC(C)CN(CCC(N)=NO)S(=O)(=O)C1CCOCC1. The van der Waals surface area contributed by atoms with E-state index in [1.54, 1.807) is 0 Å². The zero-order valence-corrected chi connectivity index (χ0v) is 13.0. The summed E-state index contributed by atoms with van der Waals surface area (Å²) in [5, 5.41) is 11.1. The van der Waals surface area contributed by atoms with E-state index in [4.69, 9.17) is 15.7 Å². The van der Waals surface area contributed by atoms with Gasteiger partial charge in [-0.1, -0.05) is 19.0 Å². The molecule has 0 aromatic rings. The summed E-state index contributed by atoms with van der Waals surface area (Å²) in [5.41, 5.74) is 5.43. The van der Waals surface area contributed by atoms with Gasteiger partial charge in [-0.05, 0) is 18.8 Å². The molecule has 0 spiro atoms. The summed E-state index contributed by atoms with van der Waals surface area (Å²) in [7, 11) is -3.36. The van der Waals surface area contributed by atoms with Gasteiger partial charge < -0.3 is 15.7 Å². The summed E-state index contributed by atoms with van der Waals surface area (Å²) < 4.78 is 32.0. The van der Waals surface area contributed by atoms with Crippen molar-refractivity contribution in [1.82, 2.24) is 4.31 Å². The Balaban J connectivity index is 2.78. The Kier molecular flexibility index (Phi) is 6.70. The molecule has 3 N–H and O–H groups in total. The van der Waals surface area contributed by atoms with Gasteiger partial charge in [0.1, 0.15) is 5.84 Å². The number of ether oxygens (including phenoxy) is 1. The van der Waals surface area contributed by atoms with Gasteiger partial charge in [0.05, 0.1) is 5.25 Å². The Morgan fingerprint density at radius 2 is 2.05 bits per heavy atom. The lowest BCUT2D eigenvalue weighted by molar-refractivity contribution is 0.0971. The lowest BCUT2D eigenvalue weighted by Crippen LogP contribution is -2.44. The molecular weight excluding hydrogens is 282 g/mol. The van der Waals surface area contributed by atoms with E-state index >= 15 is 0 Å². The molecule has 0 aromatic carbocycles. The number of hydrogen-bond acceptors (Lipinski definition) is 5. The third-order valence-electron chi connectivity index (χ3n) is 3.26. The molecule has 0 aliphatic carbocycles. The average molecular weight is 307 g/mol. The second kappa shape index (κ2) is 7.80. The minimum absolute atomic E-state index is 0.0425. The molecule has 1 rings (SSSR count). The molecule has 118 valence electrons. The molecule has 1 aliphatic heterocycles. The second-order valence-electron chi connectivity index (χ2n) is 5.45. The maximum Gasteiger partial charge on any atom is 0.217 e. The van der Waals surface area contributed by atoms with Gasteiger partial charge in [0, 0.05) is 32.7 Å². The van der Waals surface area contributed by atoms with Crippen LogP contribution in [0.15, 0.2) is 5.16 Å². The van der Waals surface area contributed by atoms with Gasteiger partial charge in [-0.25, -0.2) is 12.7 Å². The molecule has 0 aromatic heterocycles. The fourth-order valence-electron chi connectivity index (χ4n) is 2.20. The van der Waals surface area contributed by atoms with E-state index in [-0.39, 0.29) is 30.0 Å². The molecule has 1 fully saturated rings. The third-order valence-corrected chi connectivity index (χ3v) is 5.63. The van der Waals surface area contributed by atoms with Crippen molar-refractivity contribution in [3.63, 3.8) is 0 Å². The van der Waals surface area contributed by atoms with E-state index < -0.39 is 10.0 Å². The van der Waals surface area contributed by atoms with Gasteiger partial charge >= 0.3 is 0 Å². The van der Waals surface area contributed by atoms with Crippen LogP contribution in [0.25, 0.3) is 0 Å². The van der Waals surface area contributed by atoms with Crippen LogP contribution in [-0.2, 0) is 14.8 Å². The van der Waals surface area contributed by atoms with E-state index in [1.165, 1.54) is 4.31 Å². The van der Waals surface area contributed by atoms with Gasteiger partial charge in [-0.2, -0.15) is 0 Å². The molecule has 0 radical (unpaired) electrons. The molecular formula is C12H25N3O4S. The first kappa shape index (κ1) is 17.2. The van der Waals surface area contributed by atoms with Crippen LogP contribution < -0.4 is 5.73 Å². The van der Waals surface area contributed by atoms with E-state index in [0.29, 0.717) is 32.6 Å². The maximum atomic E-state index is 12.6. The Hall–Kier alpha value is -0.860. The van der Waals surface area contributed by atoms with Crippen molar-refractivity contribution in [1.29, 1.82) is 0 Å². The van der Waals surface area contributed by atoms with Crippen LogP contribution in [0.5, 0.6) is 0 Å². The first-order chi connectivity index (χ1) is 9.37. The minimum Gasteiger partial charge on any atom is -0.409 e. The van der Waals surface area contributed by atoms with Crippen molar-refractivity contribution in [3.05, 3.63) is 0 Å². The summed E-state index contributed by atoms with van der Waals surface area (Å²) >= 11 is 0. The molecule has 0 atom stereocenters. The molecule has 8 heteroatoms. The molecule has 1 saturated heterocycles. The number of rotatable bonds is 7. The summed E-state index contributed by atoms with van der Waals surface area (Å²) in [6.07, 6.45) is 1.28. The number of amidine groups is 1. The van der Waals surface area contributed by atoms with Crippen LogP contribution in [0.2, 0.25) is 0 Å². The van der Waals surface area contributed by atoms with Crippen LogP contribution in [0, 0.1) is 5.92 Å². The monoisotopic (exact) mass is 307 g/mol. The lowest BCUT2D eigenvalue weighted by atomic mass is 10.2. The molecule has 20 heavy (non-hydrogen) atoms. The average Bonchev–Trinajstić information content (AvgIpc) is 2.43. The van der Waals surface area contributed by atoms with Crippen LogP contribution >= 0.6 is 0 Å². The van der Waals surface area contributed by atoms with Crippen molar-refractivity contribution < 1.29 is 18.4 Å². The first-order valence-electron chi connectivity index (χ1n) is 6.91. The van der Waals surface area contributed by atoms with Gasteiger partial charge in [-0.3, -0.25) is 0 Å². The highest BCUT2D eigenvalue weighted by molar-refractivity contribution is 7.89. The van der Waals surface area contributed by atoms with Crippen molar-refractivity contribution in [2.24, 2.45) is 16.8 Å². The third kappa shape index (κ3) is 4.92. The van der Waals surface area contributed by atoms with Crippen LogP contribution in [-0.4, -0.2) is 55.3 Å². The van der Waals surface area contributed by atoms with Crippen molar-refractivity contribution >= 4 is 15.9 Å². The zero-order valence-electron chi connectivity index (χ0n) is 12.2. The number of oxime groups is 1. The summed E-state index contributed by atoms with van der Waals surface area (Å²) in [4.78, 5) is 0. The number of hydrogen-bond donors (Lipinski definition) is 2. The smallest absolute Gasteiger partial charge is 0.217 e. The highest BCUT2D eigenvalue weighted by Crippen LogP contribution is 2.21. The second-order valence-corrected chi connectivity index (χ2v) is 7.66. The number of sulfonamides is 1. The molecule has 0 amide bonds. The zero-order chi connectivity index (χ0) is 15.2. The summed E-state index contributed by atoms with van der Waals surface area (Å²) in [6.45, 7) is 5.59. The van der Waals surface area contributed by atoms with Crippen LogP contribution in [0.3, 0.4) is 0 Å². The Labute approximate surface area is 120 Å². The molecule has 1 aliphatic rings. The van der Waals surface area contributed by atoms with Crippen LogP contribution in [0.1, 0.15) is 33.1 Å². The Bertz CT molecular complexity index is 416. The van der Waals surface area contributed by atoms with Gasteiger partial charge in [0.15, 0.2) is 0 Å². The van der Waals surface area contributed by atoms with Crippen molar-refractivity contribution in [2.75, 3.05) is 26.3 Å². The van der Waals surface area contributed by atoms with Crippen LogP contribution in [0.4, 0.5) is 0 Å². The molecule has 7 nitrogen and oxygen atoms in total. The fourth-order valence-corrected chi connectivity index (χ4v) is 4.27. The predicted octanol–water partition coefficient (Wildman–Crippen LogP) is 0.590. The summed E-state index contributed by atoms with van der Waals surface area (Å²) in [5.74, 6) is 0.262. The largest absolute Gasteiger partial charge is 0.409 e. The van der Waals surface area contributed by atoms with E-state index in [9.17, 15) is 8.42 Å². The van der Waals surface area contributed by atoms with Gasteiger partial charge in [0.2, 0.25) is 10.0 Å². The predicted molar refractivity (Wildman–Crippen MR) is 77.2 cm³/mol. The Morgan fingerprint density at radius 3 is 2.55 bits per heavy atom. The number of nitrogens with zero attached hydrogens (tertiary/aromatic N) is 2. The van der Waals surface area contributed by atoms with E-state index in [1.807, 2.05) is 13.8 Å². The minimum atomic E-state index is -3.36. The normalized spacial score (nSPS) is 18.9. The summed E-state index contributed by atoms with van der Waals surface area (Å²) in [6, 6.07) is 0. The topological polar surface area (TPSA) is 105 Å². The molecule has 1 heterocycles. The quantitative estimate of drug-likeness (QED) is 0.310. The highest BCUT2D eigenvalue weighted by atomic mass is 32.2. The fraction of sp³-hybridized carbons (Fsp3) is 0.917. The number of nitrogens with two attached hydrogens (primary N) is 1. The molecule has 0 bridgehead atoms. The standard InChI is InChI=1S/C12H25N3O4S/c1-10(2)9-15(6-3-12(13)14-16)20(17,18)11-4-7-19-8-5-11/h10-11,16H,3-9H2,1-2H3,(H2,13,14). The lowest BCUT2D eigenvalue weighted by Gasteiger charge is -2.30. The Morgan fingerprint density at radius 1 is 1.45 bits per heavy atom. The highest BCUT2D eigenvalue weighted by Gasteiger charge is 2.33.